The van der Waals surface area contributed by atoms with Gasteiger partial charge in [-0.3, -0.25) is 0 Å². The third kappa shape index (κ3) is 2.93. The van der Waals surface area contributed by atoms with Crippen LogP contribution in [0.25, 0.3) is 0 Å². The first kappa shape index (κ1) is 12.9. The lowest BCUT2D eigenvalue weighted by Crippen LogP contribution is -2.17. The van der Waals surface area contributed by atoms with Crippen molar-refractivity contribution in [3.05, 3.63) is 27.7 Å². The maximum atomic E-state index is 11.9. The van der Waals surface area contributed by atoms with Crippen LogP contribution < -0.4 is 4.74 Å². The van der Waals surface area contributed by atoms with Crippen molar-refractivity contribution in [2.75, 3.05) is 0 Å². The van der Waals surface area contributed by atoms with Crippen molar-refractivity contribution in [3.8, 4) is 5.75 Å². The highest BCUT2D eigenvalue weighted by Gasteiger charge is 2.32. The van der Waals surface area contributed by atoms with Gasteiger partial charge < -0.3 is 9.84 Å². The zero-order chi connectivity index (χ0) is 12.5. The van der Waals surface area contributed by atoms with E-state index in [-0.39, 0.29) is 0 Å². The van der Waals surface area contributed by atoms with Crippen molar-refractivity contribution >= 4 is 29.2 Å². The highest BCUT2D eigenvalue weighted by Crippen LogP contribution is 2.37. The maximum absolute atomic E-state index is 11.9. The number of alkyl halides is 3. The van der Waals surface area contributed by atoms with Crippen LogP contribution >= 0.6 is 23.2 Å². The van der Waals surface area contributed by atoms with E-state index in [2.05, 4.69) is 4.74 Å². The van der Waals surface area contributed by atoms with Crippen LogP contribution in [0.5, 0.6) is 5.75 Å². The number of ether oxygens (including phenoxy) is 1. The molecule has 0 unspecified atom stereocenters. The summed E-state index contributed by atoms with van der Waals surface area (Å²) in [5.74, 6) is -2.14. The predicted molar refractivity (Wildman–Crippen MR) is 50.1 cm³/mol. The van der Waals surface area contributed by atoms with E-state index < -0.39 is 33.7 Å². The molecular formula is C8H3Cl2F3O3. The van der Waals surface area contributed by atoms with Crippen molar-refractivity contribution in [2.45, 2.75) is 6.36 Å². The van der Waals surface area contributed by atoms with Crippen LogP contribution in [0.15, 0.2) is 12.1 Å². The fourth-order valence-electron chi connectivity index (χ4n) is 0.900. The molecule has 0 bridgehead atoms. The number of carboxylic acids is 1. The van der Waals surface area contributed by atoms with Crippen molar-refractivity contribution in [2.24, 2.45) is 0 Å². The minimum Gasteiger partial charge on any atom is -0.478 e. The molecule has 0 atom stereocenters. The fourth-order valence-corrected chi connectivity index (χ4v) is 1.34. The van der Waals surface area contributed by atoms with Gasteiger partial charge in [0, 0.05) is 0 Å². The first-order valence-electron chi connectivity index (χ1n) is 3.69. The number of carbonyl (C=O) groups is 1. The minimum atomic E-state index is -4.92. The second-order valence-corrected chi connectivity index (χ2v) is 3.35. The molecule has 1 N–H and O–H groups in total. The monoisotopic (exact) mass is 274 g/mol. The van der Waals surface area contributed by atoms with Gasteiger partial charge in [0.1, 0.15) is 10.8 Å². The Bertz CT molecular complexity index is 431. The molecule has 0 saturated carbocycles. The van der Waals surface area contributed by atoms with Gasteiger partial charge in [0.15, 0.2) is 0 Å². The van der Waals surface area contributed by atoms with Gasteiger partial charge in [-0.2, -0.15) is 0 Å². The van der Waals surface area contributed by atoms with Crippen molar-refractivity contribution in [3.63, 3.8) is 0 Å². The molecule has 1 aromatic rings. The summed E-state index contributed by atoms with van der Waals surface area (Å²) in [7, 11) is 0. The molecule has 88 valence electrons. The van der Waals surface area contributed by atoms with E-state index in [1.807, 2.05) is 0 Å². The molecule has 0 radical (unpaired) electrons. The normalized spacial score (nSPS) is 11.3. The van der Waals surface area contributed by atoms with Gasteiger partial charge in [-0.15, -0.1) is 13.2 Å². The molecule has 1 rings (SSSR count). The van der Waals surface area contributed by atoms with Crippen LogP contribution in [0.1, 0.15) is 10.4 Å². The Morgan fingerprint density at radius 2 is 1.81 bits per heavy atom. The summed E-state index contributed by atoms with van der Waals surface area (Å²) in [6.45, 7) is 0. The van der Waals surface area contributed by atoms with Crippen LogP contribution in [-0.2, 0) is 0 Å². The SMILES string of the molecule is O=C(O)c1ccc(OC(F)(F)F)c(Cl)c1Cl. The van der Waals surface area contributed by atoms with Crippen LogP contribution in [0.3, 0.4) is 0 Å². The molecule has 0 aliphatic rings. The Balaban J connectivity index is 3.17. The van der Waals surface area contributed by atoms with Gasteiger partial charge in [0.2, 0.25) is 0 Å². The first-order chi connectivity index (χ1) is 7.22. The molecular weight excluding hydrogens is 272 g/mol. The van der Waals surface area contributed by atoms with Crippen molar-refractivity contribution < 1.29 is 27.8 Å². The van der Waals surface area contributed by atoms with E-state index in [0.29, 0.717) is 0 Å². The summed E-state index contributed by atoms with van der Waals surface area (Å²) >= 11 is 10.9. The Morgan fingerprint density at radius 1 is 1.25 bits per heavy atom. The Morgan fingerprint density at radius 3 is 2.25 bits per heavy atom. The topological polar surface area (TPSA) is 46.5 Å². The maximum Gasteiger partial charge on any atom is 0.573 e. The molecule has 0 aliphatic heterocycles. The molecule has 0 amide bonds. The lowest BCUT2D eigenvalue weighted by Gasteiger charge is -2.11. The Hall–Kier alpha value is -1.14. The molecule has 3 nitrogen and oxygen atoms in total. The summed E-state index contributed by atoms with van der Waals surface area (Å²) < 4.78 is 39.2. The third-order valence-corrected chi connectivity index (χ3v) is 2.37. The molecule has 0 aromatic heterocycles. The van der Waals surface area contributed by atoms with Gasteiger partial charge in [0.25, 0.3) is 0 Å². The molecule has 16 heavy (non-hydrogen) atoms. The largest absolute Gasteiger partial charge is 0.573 e. The molecule has 0 aliphatic carbocycles. The van der Waals surface area contributed by atoms with Crippen molar-refractivity contribution in [1.82, 2.24) is 0 Å². The Labute approximate surface area is 97.3 Å². The lowest BCUT2D eigenvalue weighted by atomic mass is 10.2. The molecule has 1 aromatic carbocycles. The number of hydrogen-bond acceptors (Lipinski definition) is 2. The fraction of sp³-hybridized carbons (Fsp3) is 0.125. The number of rotatable bonds is 2. The molecule has 0 fully saturated rings. The smallest absolute Gasteiger partial charge is 0.478 e. The predicted octanol–water partition coefficient (Wildman–Crippen LogP) is 3.59. The number of hydrogen-bond donors (Lipinski definition) is 1. The second kappa shape index (κ2) is 4.39. The van der Waals surface area contributed by atoms with Crippen molar-refractivity contribution in [1.29, 1.82) is 0 Å². The molecule has 0 saturated heterocycles. The summed E-state index contributed by atoms with van der Waals surface area (Å²) in [6, 6.07) is 1.66. The third-order valence-electron chi connectivity index (χ3n) is 1.50. The highest BCUT2D eigenvalue weighted by atomic mass is 35.5. The first-order valence-corrected chi connectivity index (χ1v) is 4.45. The number of benzene rings is 1. The highest BCUT2D eigenvalue weighted by molar-refractivity contribution is 6.44. The van der Waals surface area contributed by atoms with Gasteiger partial charge in [0.05, 0.1) is 10.6 Å². The van der Waals surface area contributed by atoms with E-state index in [1.165, 1.54) is 0 Å². The van der Waals surface area contributed by atoms with Crippen LogP contribution in [0.2, 0.25) is 10.0 Å². The molecule has 8 heteroatoms. The molecule has 0 heterocycles. The zero-order valence-corrected chi connectivity index (χ0v) is 8.82. The number of carboxylic acid groups (broad SMARTS) is 1. The van der Waals surface area contributed by atoms with Crippen LogP contribution in [-0.4, -0.2) is 17.4 Å². The standard InChI is InChI=1S/C8H3Cl2F3O3/c9-5-3(7(14)15)1-2-4(6(5)10)16-8(11,12)13/h1-2H,(H,14,15). The van der Waals surface area contributed by atoms with E-state index in [4.69, 9.17) is 28.3 Å². The van der Waals surface area contributed by atoms with Gasteiger partial charge in [-0.05, 0) is 12.1 Å². The summed E-state index contributed by atoms with van der Waals surface area (Å²) in [6.07, 6.45) is -4.92. The van der Waals surface area contributed by atoms with Gasteiger partial charge in [-0.1, -0.05) is 23.2 Å². The summed E-state index contributed by atoms with van der Waals surface area (Å²) in [4.78, 5) is 10.6. The second-order valence-electron chi connectivity index (χ2n) is 2.59. The average molecular weight is 275 g/mol. The number of halogens is 5. The van der Waals surface area contributed by atoms with Crippen LogP contribution in [0, 0.1) is 0 Å². The van der Waals surface area contributed by atoms with Gasteiger partial charge in [-0.25, -0.2) is 4.79 Å². The average Bonchev–Trinajstić information content (AvgIpc) is 2.10. The molecule has 0 spiro atoms. The minimum absolute atomic E-state index is 0.402. The van der Waals surface area contributed by atoms with E-state index in [1.54, 1.807) is 0 Å². The quantitative estimate of drug-likeness (QED) is 0.897. The summed E-state index contributed by atoms with van der Waals surface area (Å²) in [5.41, 5.74) is -0.402. The lowest BCUT2D eigenvalue weighted by molar-refractivity contribution is -0.274. The van der Waals surface area contributed by atoms with E-state index in [9.17, 15) is 18.0 Å². The van der Waals surface area contributed by atoms with Gasteiger partial charge >= 0.3 is 12.3 Å². The van der Waals surface area contributed by atoms with Crippen LogP contribution in [0.4, 0.5) is 13.2 Å². The van der Waals surface area contributed by atoms with E-state index in [0.717, 1.165) is 12.1 Å². The van der Waals surface area contributed by atoms with E-state index >= 15 is 0 Å². The Kier molecular flexibility index (Phi) is 3.54. The zero-order valence-electron chi connectivity index (χ0n) is 7.31. The number of aromatic carboxylic acids is 1. The summed E-state index contributed by atoms with van der Waals surface area (Å²) in [5, 5.41) is 7.51.